The fraction of sp³-hybridized carbons (Fsp3) is 0.562. The summed E-state index contributed by atoms with van der Waals surface area (Å²) >= 11 is 0. The van der Waals surface area contributed by atoms with Crippen LogP contribution in [0.15, 0.2) is 30.3 Å². The van der Waals surface area contributed by atoms with Gasteiger partial charge in [-0.3, -0.25) is 0 Å². The Balaban J connectivity index is 1.80. The van der Waals surface area contributed by atoms with E-state index in [4.69, 9.17) is 0 Å². The van der Waals surface area contributed by atoms with Crippen LogP contribution >= 0.6 is 0 Å². The summed E-state index contributed by atoms with van der Waals surface area (Å²) in [5.74, 6) is 1.62. The van der Waals surface area contributed by atoms with Crippen LogP contribution in [0, 0.1) is 23.2 Å². The second kappa shape index (κ2) is 6.56. The Hall–Kier alpha value is -1.33. The van der Waals surface area contributed by atoms with Crippen LogP contribution in [-0.4, -0.2) is 13.1 Å². The van der Waals surface area contributed by atoms with Crippen molar-refractivity contribution in [3.8, 4) is 6.07 Å². The molecule has 3 atom stereocenters. The second-order valence-corrected chi connectivity index (χ2v) is 5.42. The van der Waals surface area contributed by atoms with Crippen LogP contribution in [0.2, 0.25) is 0 Å². The summed E-state index contributed by atoms with van der Waals surface area (Å²) in [4.78, 5) is 0. The number of hydrogen-bond acceptors (Lipinski definition) is 2. The highest BCUT2D eigenvalue weighted by molar-refractivity contribution is 5.24. The van der Waals surface area contributed by atoms with Gasteiger partial charge in [0.2, 0.25) is 0 Å². The molecule has 1 aliphatic rings. The normalized spacial score (nSPS) is 24.7. The second-order valence-electron chi connectivity index (χ2n) is 5.42. The molecule has 1 aromatic carbocycles. The molecule has 1 aliphatic carbocycles. The minimum Gasteiger partial charge on any atom is -0.315 e. The molecule has 0 saturated heterocycles. The van der Waals surface area contributed by atoms with Crippen molar-refractivity contribution in [2.24, 2.45) is 11.8 Å². The largest absolute Gasteiger partial charge is 0.315 e. The van der Waals surface area contributed by atoms with Crippen LogP contribution in [0.1, 0.15) is 37.7 Å². The van der Waals surface area contributed by atoms with Gasteiger partial charge in [0.05, 0.1) is 12.0 Å². The van der Waals surface area contributed by atoms with Crippen molar-refractivity contribution in [2.45, 2.75) is 32.1 Å². The predicted molar refractivity (Wildman–Crippen MR) is 74.2 cm³/mol. The van der Waals surface area contributed by atoms with E-state index in [0.29, 0.717) is 0 Å². The van der Waals surface area contributed by atoms with Crippen LogP contribution in [0.4, 0.5) is 0 Å². The van der Waals surface area contributed by atoms with Crippen molar-refractivity contribution in [2.75, 3.05) is 13.1 Å². The van der Waals surface area contributed by atoms with Gasteiger partial charge >= 0.3 is 0 Å². The lowest BCUT2D eigenvalue weighted by Crippen LogP contribution is -2.28. The van der Waals surface area contributed by atoms with Gasteiger partial charge in [0.25, 0.3) is 0 Å². The molecule has 2 rings (SSSR count). The maximum atomic E-state index is 9.23. The summed E-state index contributed by atoms with van der Waals surface area (Å²) < 4.78 is 0. The Morgan fingerprint density at radius 2 is 2.11 bits per heavy atom. The molecule has 0 spiro atoms. The lowest BCUT2D eigenvalue weighted by atomic mass is 9.97. The molecule has 0 aromatic heterocycles. The molecule has 3 unspecified atom stereocenters. The van der Waals surface area contributed by atoms with E-state index in [0.717, 1.165) is 30.5 Å². The third kappa shape index (κ3) is 3.34. The van der Waals surface area contributed by atoms with E-state index in [2.05, 4.69) is 18.3 Å². The van der Waals surface area contributed by atoms with E-state index in [9.17, 15) is 5.26 Å². The van der Waals surface area contributed by atoms with Crippen molar-refractivity contribution in [1.29, 1.82) is 5.26 Å². The van der Waals surface area contributed by atoms with E-state index in [-0.39, 0.29) is 5.92 Å². The molecule has 2 nitrogen and oxygen atoms in total. The Morgan fingerprint density at radius 1 is 1.33 bits per heavy atom. The third-order valence-corrected chi connectivity index (χ3v) is 4.15. The lowest BCUT2D eigenvalue weighted by molar-refractivity contribution is 0.391. The van der Waals surface area contributed by atoms with Gasteiger partial charge in [0, 0.05) is 6.54 Å². The maximum Gasteiger partial charge on any atom is 0.0837 e. The minimum atomic E-state index is -0.0251. The molecule has 1 saturated carbocycles. The van der Waals surface area contributed by atoms with Crippen LogP contribution < -0.4 is 5.32 Å². The third-order valence-electron chi connectivity index (χ3n) is 4.15. The summed E-state index contributed by atoms with van der Waals surface area (Å²) in [5, 5.41) is 12.7. The average molecular weight is 242 g/mol. The Labute approximate surface area is 110 Å². The summed E-state index contributed by atoms with van der Waals surface area (Å²) in [6, 6.07) is 12.5. The van der Waals surface area contributed by atoms with Crippen LogP contribution in [-0.2, 0) is 0 Å². The van der Waals surface area contributed by atoms with Gasteiger partial charge in [0.1, 0.15) is 0 Å². The number of nitrogens with zero attached hydrogens (tertiary/aromatic N) is 1. The van der Waals surface area contributed by atoms with E-state index < -0.39 is 0 Å². The number of nitriles is 1. The van der Waals surface area contributed by atoms with E-state index in [1.165, 1.54) is 19.3 Å². The molecule has 0 bridgehead atoms. The van der Waals surface area contributed by atoms with Gasteiger partial charge in [-0.25, -0.2) is 0 Å². The lowest BCUT2D eigenvalue weighted by Gasteiger charge is -2.17. The van der Waals surface area contributed by atoms with Crippen molar-refractivity contribution in [1.82, 2.24) is 5.32 Å². The first kappa shape index (κ1) is 13.1. The van der Waals surface area contributed by atoms with Crippen molar-refractivity contribution in [3.05, 3.63) is 35.9 Å². The van der Waals surface area contributed by atoms with Crippen molar-refractivity contribution in [3.63, 3.8) is 0 Å². The van der Waals surface area contributed by atoms with Gasteiger partial charge in [-0.1, -0.05) is 50.1 Å². The van der Waals surface area contributed by atoms with Gasteiger partial charge in [-0.2, -0.15) is 5.26 Å². The Morgan fingerprint density at radius 3 is 2.72 bits per heavy atom. The zero-order valence-electron chi connectivity index (χ0n) is 11.1. The van der Waals surface area contributed by atoms with Gasteiger partial charge in [-0.05, 0) is 30.4 Å². The van der Waals surface area contributed by atoms with Crippen molar-refractivity contribution < 1.29 is 0 Å². The number of nitrogens with one attached hydrogen (secondary N) is 1. The first-order valence-electron chi connectivity index (χ1n) is 6.96. The summed E-state index contributed by atoms with van der Waals surface area (Å²) in [6.07, 6.45) is 4.08. The standard InChI is InChI=1S/C16H22N2/c1-13-6-5-9-15(13)11-18-12-16(10-17)14-7-3-2-4-8-14/h2-4,7-8,13,15-16,18H,5-6,9,11-12H2,1H3. The molecule has 2 heteroatoms. The summed E-state index contributed by atoms with van der Waals surface area (Å²) in [7, 11) is 0. The van der Waals surface area contributed by atoms with Gasteiger partial charge in [-0.15, -0.1) is 0 Å². The van der Waals surface area contributed by atoms with Gasteiger partial charge in [0.15, 0.2) is 0 Å². The molecule has 18 heavy (non-hydrogen) atoms. The quantitative estimate of drug-likeness (QED) is 0.859. The molecular formula is C16H22N2. The van der Waals surface area contributed by atoms with E-state index >= 15 is 0 Å². The Kier molecular flexibility index (Phi) is 4.78. The summed E-state index contributed by atoms with van der Waals surface area (Å²) in [5.41, 5.74) is 1.12. The molecule has 0 amide bonds. The zero-order chi connectivity index (χ0) is 12.8. The molecule has 0 heterocycles. The predicted octanol–water partition coefficient (Wildman–Crippen LogP) is 3.32. The van der Waals surface area contributed by atoms with E-state index in [1.54, 1.807) is 0 Å². The number of benzene rings is 1. The molecule has 96 valence electrons. The van der Waals surface area contributed by atoms with Crippen LogP contribution in [0.25, 0.3) is 0 Å². The fourth-order valence-corrected chi connectivity index (χ4v) is 2.86. The fourth-order valence-electron chi connectivity index (χ4n) is 2.86. The van der Waals surface area contributed by atoms with E-state index in [1.807, 2.05) is 30.3 Å². The molecule has 0 aliphatic heterocycles. The summed E-state index contributed by atoms with van der Waals surface area (Å²) in [6.45, 7) is 4.17. The van der Waals surface area contributed by atoms with Crippen molar-refractivity contribution >= 4 is 0 Å². The highest BCUT2D eigenvalue weighted by atomic mass is 14.9. The molecular weight excluding hydrogens is 220 g/mol. The first-order valence-corrected chi connectivity index (χ1v) is 6.96. The number of hydrogen-bond donors (Lipinski definition) is 1. The highest BCUT2D eigenvalue weighted by Crippen LogP contribution is 2.30. The average Bonchev–Trinajstić information content (AvgIpc) is 2.81. The Bertz CT molecular complexity index is 393. The SMILES string of the molecule is CC1CCCC1CNCC(C#N)c1ccccc1. The van der Waals surface area contributed by atoms with Crippen LogP contribution in [0.5, 0.6) is 0 Å². The molecule has 1 aromatic rings. The topological polar surface area (TPSA) is 35.8 Å². The monoisotopic (exact) mass is 242 g/mol. The molecule has 1 N–H and O–H groups in total. The zero-order valence-corrected chi connectivity index (χ0v) is 11.1. The maximum absolute atomic E-state index is 9.23. The molecule has 1 fully saturated rings. The van der Waals surface area contributed by atoms with Crippen LogP contribution in [0.3, 0.4) is 0 Å². The minimum absolute atomic E-state index is 0.0251. The highest BCUT2D eigenvalue weighted by Gasteiger charge is 2.23. The first-order chi connectivity index (χ1) is 8.81. The smallest absolute Gasteiger partial charge is 0.0837 e. The molecule has 0 radical (unpaired) electrons. The number of rotatable bonds is 5. The van der Waals surface area contributed by atoms with Gasteiger partial charge < -0.3 is 5.32 Å².